The maximum absolute atomic E-state index is 13.0. The van der Waals surface area contributed by atoms with Crippen molar-refractivity contribution in [2.24, 2.45) is 0 Å². The molecule has 7 heteroatoms. The van der Waals surface area contributed by atoms with Gasteiger partial charge < -0.3 is 9.47 Å². The molecule has 0 atom stereocenters. The molecular formula is C22H23F3N4. The molecule has 1 aromatic heterocycles. The maximum atomic E-state index is 13.0. The van der Waals surface area contributed by atoms with Crippen molar-refractivity contribution in [2.45, 2.75) is 19.3 Å². The van der Waals surface area contributed by atoms with E-state index in [0.29, 0.717) is 18.8 Å². The molecule has 1 aliphatic rings. The standard InChI is InChI=1S/C22H23F3N4/c23-22(24,25)19-7-4-8-20(15-19)28-13-11-27(12-14-28)17-21-26-9-10-29(21)16-18-5-2-1-3-6-18/h1-10,15H,11-14,16-17H2. The molecule has 0 aliphatic carbocycles. The number of nitrogens with zero attached hydrogens (tertiary/aromatic N) is 4. The van der Waals surface area contributed by atoms with Crippen LogP contribution in [0.4, 0.5) is 18.9 Å². The number of halogens is 3. The number of alkyl halides is 3. The van der Waals surface area contributed by atoms with Gasteiger partial charge in [0.15, 0.2) is 0 Å². The second-order valence-corrected chi connectivity index (χ2v) is 7.27. The van der Waals surface area contributed by atoms with Gasteiger partial charge in [-0.05, 0) is 23.8 Å². The van der Waals surface area contributed by atoms with Gasteiger partial charge in [0.2, 0.25) is 0 Å². The first-order chi connectivity index (χ1) is 14.0. The van der Waals surface area contributed by atoms with Gasteiger partial charge in [-0.25, -0.2) is 4.98 Å². The lowest BCUT2D eigenvalue weighted by Crippen LogP contribution is -2.46. The molecule has 2 heterocycles. The molecule has 1 aliphatic heterocycles. The molecule has 4 nitrogen and oxygen atoms in total. The summed E-state index contributed by atoms with van der Waals surface area (Å²) in [6, 6.07) is 15.8. The van der Waals surface area contributed by atoms with Crippen molar-refractivity contribution < 1.29 is 13.2 Å². The van der Waals surface area contributed by atoms with Gasteiger partial charge in [-0.3, -0.25) is 4.90 Å². The Morgan fingerprint density at radius 3 is 2.34 bits per heavy atom. The van der Waals surface area contributed by atoms with E-state index in [1.165, 1.54) is 17.7 Å². The summed E-state index contributed by atoms with van der Waals surface area (Å²) in [6.45, 7) is 4.47. The Hall–Kier alpha value is -2.80. The lowest BCUT2D eigenvalue weighted by Gasteiger charge is -2.36. The highest BCUT2D eigenvalue weighted by atomic mass is 19.4. The molecule has 0 spiro atoms. The minimum Gasteiger partial charge on any atom is -0.369 e. The van der Waals surface area contributed by atoms with Crippen LogP contribution in [-0.4, -0.2) is 40.6 Å². The largest absolute Gasteiger partial charge is 0.416 e. The summed E-state index contributed by atoms with van der Waals surface area (Å²) in [7, 11) is 0. The number of anilines is 1. The van der Waals surface area contributed by atoms with Crippen LogP contribution in [0.5, 0.6) is 0 Å². The van der Waals surface area contributed by atoms with Crippen molar-refractivity contribution in [3.63, 3.8) is 0 Å². The van der Waals surface area contributed by atoms with Crippen LogP contribution in [-0.2, 0) is 19.3 Å². The van der Waals surface area contributed by atoms with E-state index in [0.717, 1.165) is 38.1 Å². The number of benzene rings is 2. The van der Waals surface area contributed by atoms with Gasteiger partial charge in [0.25, 0.3) is 0 Å². The highest BCUT2D eigenvalue weighted by molar-refractivity contribution is 5.49. The molecule has 0 radical (unpaired) electrons. The zero-order valence-electron chi connectivity index (χ0n) is 16.0. The number of piperazine rings is 1. The first kappa shape index (κ1) is 19.5. The lowest BCUT2D eigenvalue weighted by molar-refractivity contribution is -0.137. The van der Waals surface area contributed by atoms with Crippen LogP contribution in [0.3, 0.4) is 0 Å². The summed E-state index contributed by atoms with van der Waals surface area (Å²) in [5, 5.41) is 0. The third-order valence-electron chi connectivity index (χ3n) is 5.27. The van der Waals surface area contributed by atoms with Gasteiger partial charge in [0, 0.05) is 50.8 Å². The number of hydrogen-bond donors (Lipinski definition) is 0. The first-order valence-corrected chi connectivity index (χ1v) is 9.67. The lowest BCUT2D eigenvalue weighted by atomic mass is 10.1. The summed E-state index contributed by atoms with van der Waals surface area (Å²) in [6.07, 6.45) is -0.508. The van der Waals surface area contributed by atoms with Crippen molar-refractivity contribution in [3.05, 3.63) is 83.9 Å². The van der Waals surface area contributed by atoms with E-state index >= 15 is 0 Å². The SMILES string of the molecule is FC(F)(F)c1cccc(N2CCN(Cc3nccn3Cc3ccccc3)CC2)c1. The van der Waals surface area contributed by atoms with E-state index in [1.807, 2.05) is 35.5 Å². The Bertz CT molecular complexity index is 928. The van der Waals surface area contributed by atoms with E-state index in [2.05, 4.69) is 26.6 Å². The second kappa shape index (κ2) is 8.29. The average Bonchev–Trinajstić information content (AvgIpc) is 3.15. The fraction of sp³-hybridized carbons (Fsp3) is 0.318. The molecule has 0 unspecified atom stereocenters. The van der Waals surface area contributed by atoms with Crippen molar-refractivity contribution in [2.75, 3.05) is 31.1 Å². The molecule has 0 amide bonds. The van der Waals surface area contributed by atoms with Crippen molar-refractivity contribution in [1.29, 1.82) is 0 Å². The van der Waals surface area contributed by atoms with E-state index in [-0.39, 0.29) is 0 Å². The topological polar surface area (TPSA) is 24.3 Å². The van der Waals surface area contributed by atoms with Crippen LogP contribution >= 0.6 is 0 Å². The normalized spacial score (nSPS) is 15.6. The van der Waals surface area contributed by atoms with Gasteiger partial charge in [0.05, 0.1) is 12.1 Å². The van der Waals surface area contributed by atoms with Crippen LogP contribution in [0.2, 0.25) is 0 Å². The van der Waals surface area contributed by atoms with E-state index in [4.69, 9.17) is 0 Å². The van der Waals surface area contributed by atoms with Crippen molar-refractivity contribution in [3.8, 4) is 0 Å². The summed E-state index contributed by atoms with van der Waals surface area (Å²) >= 11 is 0. The predicted octanol–water partition coefficient (Wildman–Crippen LogP) is 4.27. The molecule has 29 heavy (non-hydrogen) atoms. The summed E-state index contributed by atoms with van der Waals surface area (Å²) in [5.41, 5.74) is 1.26. The third-order valence-corrected chi connectivity index (χ3v) is 5.27. The molecule has 152 valence electrons. The minimum absolute atomic E-state index is 0.597. The highest BCUT2D eigenvalue weighted by Gasteiger charge is 2.31. The number of rotatable bonds is 5. The Morgan fingerprint density at radius 2 is 1.62 bits per heavy atom. The molecule has 0 bridgehead atoms. The molecule has 4 rings (SSSR count). The molecule has 3 aromatic rings. The molecule has 1 fully saturated rings. The van der Waals surface area contributed by atoms with Gasteiger partial charge in [-0.15, -0.1) is 0 Å². The summed E-state index contributed by atoms with van der Waals surface area (Å²) < 4.78 is 41.0. The summed E-state index contributed by atoms with van der Waals surface area (Å²) in [5.74, 6) is 1.00. The highest BCUT2D eigenvalue weighted by Crippen LogP contribution is 2.31. The first-order valence-electron chi connectivity index (χ1n) is 9.67. The molecule has 2 aromatic carbocycles. The molecular weight excluding hydrogens is 377 g/mol. The Balaban J connectivity index is 1.36. The van der Waals surface area contributed by atoms with Crippen LogP contribution in [0, 0.1) is 0 Å². The number of imidazole rings is 1. The second-order valence-electron chi connectivity index (χ2n) is 7.27. The Labute approximate surface area is 168 Å². The van der Waals surface area contributed by atoms with Crippen molar-refractivity contribution in [1.82, 2.24) is 14.5 Å². The van der Waals surface area contributed by atoms with Crippen molar-refractivity contribution >= 4 is 5.69 Å². The number of aromatic nitrogens is 2. The van der Waals surface area contributed by atoms with E-state index < -0.39 is 11.7 Å². The summed E-state index contributed by atoms with van der Waals surface area (Å²) in [4.78, 5) is 8.82. The van der Waals surface area contributed by atoms with Crippen LogP contribution < -0.4 is 4.90 Å². The fourth-order valence-corrected chi connectivity index (χ4v) is 3.66. The monoisotopic (exact) mass is 400 g/mol. The van der Waals surface area contributed by atoms with E-state index in [9.17, 15) is 13.2 Å². The van der Waals surface area contributed by atoms with Gasteiger partial charge in [-0.1, -0.05) is 36.4 Å². The fourth-order valence-electron chi connectivity index (χ4n) is 3.66. The van der Waals surface area contributed by atoms with E-state index in [1.54, 1.807) is 6.07 Å². The van der Waals surface area contributed by atoms with Crippen LogP contribution in [0.15, 0.2) is 67.0 Å². The van der Waals surface area contributed by atoms with Gasteiger partial charge in [0.1, 0.15) is 5.82 Å². The zero-order valence-corrected chi connectivity index (χ0v) is 16.0. The van der Waals surface area contributed by atoms with Gasteiger partial charge >= 0.3 is 6.18 Å². The molecule has 0 N–H and O–H groups in total. The third kappa shape index (κ3) is 4.79. The van der Waals surface area contributed by atoms with Gasteiger partial charge in [-0.2, -0.15) is 13.2 Å². The maximum Gasteiger partial charge on any atom is 0.416 e. The molecule has 1 saturated heterocycles. The smallest absolute Gasteiger partial charge is 0.369 e. The number of hydrogen-bond acceptors (Lipinski definition) is 3. The predicted molar refractivity (Wildman–Crippen MR) is 107 cm³/mol. The van der Waals surface area contributed by atoms with Crippen LogP contribution in [0.25, 0.3) is 0 Å². The zero-order chi connectivity index (χ0) is 20.3. The Morgan fingerprint density at radius 1 is 0.862 bits per heavy atom. The minimum atomic E-state index is -4.31. The molecule has 0 saturated carbocycles. The van der Waals surface area contributed by atoms with Crippen LogP contribution in [0.1, 0.15) is 17.0 Å². The Kier molecular flexibility index (Phi) is 5.58. The average molecular weight is 400 g/mol. The quantitative estimate of drug-likeness (QED) is 0.639.